The van der Waals surface area contributed by atoms with E-state index in [1.54, 1.807) is 28.5 Å². The van der Waals surface area contributed by atoms with Gasteiger partial charge in [-0.3, -0.25) is 4.79 Å². The van der Waals surface area contributed by atoms with Crippen molar-refractivity contribution < 1.29 is 4.74 Å². The molecule has 0 unspecified atom stereocenters. The zero-order valence-corrected chi connectivity index (χ0v) is 11.3. The fourth-order valence-electron chi connectivity index (χ4n) is 2.00. The molecule has 0 aliphatic rings. The Morgan fingerprint density at radius 1 is 1.35 bits per heavy atom. The molecule has 0 aliphatic carbocycles. The van der Waals surface area contributed by atoms with Gasteiger partial charge in [0.2, 0.25) is 0 Å². The molecule has 0 bridgehead atoms. The molecule has 3 aromatic heterocycles. The highest BCUT2D eigenvalue weighted by atomic mass is 16.5. The Hall–Kier alpha value is -2.35. The summed E-state index contributed by atoms with van der Waals surface area (Å²) < 4.78 is 8.08. The highest BCUT2D eigenvalue weighted by Crippen LogP contribution is 2.08. The molecule has 8 heteroatoms. The van der Waals surface area contributed by atoms with Crippen molar-refractivity contribution in [1.82, 2.24) is 29.4 Å². The van der Waals surface area contributed by atoms with Crippen LogP contribution in [0.15, 0.2) is 17.1 Å². The van der Waals surface area contributed by atoms with Gasteiger partial charge in [0.05, 0.1) is 6.61 Å². The average molecular weight is 274 g/mol. The zero-order valence-electron chi connectivity index (χ0n) is 11.3. The molecule has 20 heavy (non-hydrogen) atoms. The van der Waals surface area contributed by atoms with E-state index in [0.717, 1.165) is 0 Å². The maximum Gasteiger partial charge on any atom is 0.280 e. The summed E-state index contributed by atoms with van der Waals surface area (Å²) >= 11 is 0. The lowest BCUT2D eigenvalue weighted by molar-refractivity contribution is 0.186. The van der Waals surface area contributed by atoms with Crippen LogP contribution in [-0.2, 0) is 17.7 Å². The topological polar surface area (TPSA) is 87.2 Å². The lowest BCUT2D eigenvalue weighted by atomic mass is 10.4. The maximum atomic E-state index is 12.3. The Labute approximate surface area is 114 Å². The van der Waals surface area contributed by atoms with Crippen molar-refractivity contribution in [1.29, 1.82) is 0 Å². The number of pyridine rings is 1. The van der Waals surface area contributed by atoms with Gasteiger partial charge in [-0.05, 0) is 6.07 Å². The summed E-state index contributed by atoms with van der Waals surface area (Å²) in [6, 6.07) is 1.79. The molecular formula is C12H14N6O2. The van der Waals surface area contributed by atoms with Crippen molar-refractivity contribution in [2.45, 2.75) is 19.9 Å². The Morgan fingerprint density at radius 3 is 2.95 bits per heavy atom. The molecule has 3 aromatic rings. The van der Waals surface area contributed by atoms with E-state index in [1.807, 2.05) is 6.92 Å². The third-order valence-electron chi connectivity index (χ3n) is 3.07. The van der Waals surface area contributed by atoms with Crippen LogP contribution in [0.2, 0.25) is 0 Å². The summed E-state index contributed by atoms with van der Waals surface area (Å²) in [4.78, 5) is 16.5. The smallest absolute Gasteiger partial charge is 0.280 e. The van der Waals surface area contributed by atoms with Gasteiger partial charge in [0.25, 0.3) is 11.3 Å². The number of hydrogen-bond acceptors (Lipinski definition) is 6. The molecule has 0 saturated carbocycles. The van der Waals surface area contributed by atoms with Crippen molar-refractivity contribution in [2.24, 2.45) is 0 Å². The number of aryl methyl sites for hydroxylation is 1. The van der Waals surface area contributed by atoms with Crippen molar-refractivity contribution >= 4 is 16.8 Å². The van der Waals surface area contributed by atoms with Crippen molar-refractivity contribution in [3.63, 3.8) is 0 Å². The first kappa shape index (κ1) is 12.7. The molecule has 0 spiro atoms. The fraction of sp³-hybridized carbons (Fsp3) is 0.417. The van der Waals surface area contributed by atoms with Crippen LogP contribution in [0.1, 0.15) is 12.7 Å². The second kappa shape index (κ2) is 4.97. The first-order chi connectivity index (χ1) is 9.74. The van der Waals surface area contributed by atoms with E-state index in [4.69, 9.17) is 4.74 Å². The number of methoxy groups -OCH3 is 1. The summed E-state index contributed by atoms with van der Waals surface area (Å²) in [5.41, 5.74) is 0.687. The van der Waals surface area contributed by atoms with E-state index in [-0.39, 0.29) is 11.1 Å². The van der Waals surface area contributed by atoms with Gasteiger partial charge in [-0.25, -0.2) is 0 Å². The van der Waals surface area contributed by atoms with Gasteiger partial charge in [-0.2, -0.15) is 9.50 Å². The molecule has 3 rings (SSSR count). The van der Waals surface area contributed by atoms with E-state index in [1.165, 1.54) is 0 Å². The predicted octanol–water partition coefficient (Wildman–Crippen LogP) is 0.0430. The largest absolute Gasteiger partial charge is 0.383 e. The van der Waals surface area contributed by atoms with Crippen LogP contribution in [0.4, 0.5) is 0 Å². The molecule has 0 fully saturated rings. The van der Waals surface area contributed by atoms with E-state index in [2.05, 4.69) is 20.3 Å². The lowest BCUT2D eigenvalue weighted by Crippen LogP contribution is -2.23. The number of rotatable bonds is 4. The summed E-state index contributed by atoms with van der Waals surface area (Å²) in [7, 11) is 1.59. The number of nitrogens with zero attached hydrogens (tertiary/aromatic N) is 6. The third-order valence-corrected chi connectivity index (χ3v) is 3.07. The molecule has 0 radical (unpaired) electrons. The molecule has 0 N–H and O–H groups in total. The van der Waals surface area contributed by atoms with Crippen LogP contribution >= 0.6 is 0 Å². The van der Waals surface area contributed by atoms with Gasteiger partial charge in [0, 0.05) is 26.3 Å². The Kier molecular flexibility index (Phi) is 3.15. The second-order valence-electron chi connectivity index (χ2n) is 4.33. The van der Waals surface area contributed by atoms with E-state index < -0.39 is 0 Å². The normalized spacial score (nSPS) is 11.5. The second-order valence-corrected chi connectivity index (χ2v) is 4.33. The van der Waals surface area contributed by atoms with Gasteiger partial charge in [-0.1, -0.05) is 6.92 Å². The van der Waals surface area contributed by atoms with Crippen LogP contribution in [0.25, 0.3) is 16.8 Å². The summed E-state index contributed by atoms with van der Waals surface area (Å²) in [5.74, 6) is 1.08. The van der Waals surface area contributed by atoms with Gasteiger partial charge < -0.3 is 9.30 Å². The summed E-state index contributed by atoms with van der Waals surface area (Å²) in [6.45, 7) is 2.90. The minimum atomic E-state index is -0.206. The Balaban J connectivity index is 2.23. The van der Waals surface area contributed by atoms with E-state index in [9.17, 15) is 4.79 Å². The van der Waals surface area contributed by atoms with E-state index >= 15 is 0 Å². The standard InChI is InChI=1S/C12H14N6O2/c1-3-9-13-12-15-14-10-8(18(12)16-9)4-5-17(11(10)19)6-7-20-2/h4-5H,3,6-7H2,1-2H3. The monoisotopic (exact) mass is 274 g/mol. The van der Waals surface area contributed by atoms with Crippen molar-refractivity contribution in [3.05, 3.63) is 28.4 Å². The molecule has 8 nitrogen and oxygen atoms in total. The minimum absolute atomic E-state index is 0.206. The highest BCUT2D eigenvalue weighted by molar-refractivity contribution is 5.74. The molecule has 0 amide bonds. The van der Waals surface area contributed by atoms with Crippen LogP contribution in [-0.4, -0.2) is 43.1 Å². The summed E-state index contributed by atoms with van der Waals surface area (Å²) in [5, 5.41) is 12.3. The van der Waals surface area contributed by atoms with Gasteiger partial charge in [0.1, 0.15) is 5.52 Å². The molecule has 104 valence electrons. The van der Waals surface area contributed by atoms with Gasteiger partial charge >= 0.3 is 0 Å². The first-order valence-corrected chi connectivity index (χ1v) is 6.35. The Morgan fingerprint density at radius 2 is 2.20 bits per heavy atom. The highest BCUT2D eigenvalue weighted by Gasteiger charge is 2.11. The van der Waals surface area contributed by atoms with Crippen LogP contribution < -0.4 is 5.56 Å². The number of ether oxygens (including phenoxy) is 1. The molecule has 0 atom stereocenters. The Bertz CT molecular complexity index is 822. The van der Waals surface area contributed by atoms with Crippen LogP contribution in [0.3, 0.4) is 0 Å². The molecule has 3 heterocycles. The lowest BCUT2D eigenvalue weighted by Gasteiger charge is -2.05. The van der Waals surface area contributed by atoms with Crippen molar-refractivity contribution in [2.75, 3.05) is 13.7 Å². The zero-order chi connectivity index (χ0) is 14.1. The van der Waals surface area contributed by atoms with Crippen LogP contribution in [0, 0.1) is 0 Å². The molecular weight excluding hydrogens is 260 g/mol. The maximum absolute atomic E-state index is 12.3. The SMILES string of the molecule is CCc1nc2nnc3c(=O)n(CCOC)ccc3n2n1. The number of fused-ring (bicyclic) bond motifs is 3. The molecule has 0 aromatic carbocycles. The minimum Gasteiger partial charge on any atom is -0.383 e. The van der Waals surface area contributed by atoms with E-state index in [0.29, 0.717) is 36.7 Å². The first-order valence-electron chi connectivity index (χ1n) is 6.35. The van der Waals surface area contributed by atoms with Gasteiger partial charge in [-0.15, -0.1) is 15.3 Å². The quantitative estimate of drug-likeness (QED) is 0.667. The fourth-order valence-corrected chi connectivity index (χ4v) is 2.00. The van der Waals surface area contributed by atoms with Crippen molar-refractivity contribution in [3.8, 4) is 0 Å². The predicted molar refractivity (Wildman–Crippen MR) is 71.6 cm³/mol. The number of hydrogen-bond donors (Lipinski definition) is 0. The molecule has 0 aliphatic heterocycles. The van der Waals surface area contributed by atoms with Crippen LogP contribution in [0.5, 0.6) is 0 Å². The molecule has 0 saturated heterocycles. The number of aromatic nitrogens is 6. The average Bonchev–Trinajstić information content (AvgIpc) is 2.90. The summed E-state index contributed by atoms with van der Waals surface area (Å²) in [6.07, 6.45) is 2.41. The third kappa shape index (κ3) is 1.94. The van der Waals surface area contributed by atoms with Gasteiger partial charge in [0.15, 0.2) is 11.3 Å².